The molecule has 0 aromatic carbocycles. The van der Waals surface area contributed by atoms with Crippen LogP contribution in [-0.4, -0.2) is 182 Å². The highest BCUT2D eigenvalue weighted by molar-refractivity contribution is 5.88. The number of hydrogen-bond donors (Lipinski definition) is 4. The first-order valence-electron chi connectivity index (χ1n) is 21.6. The summed E-state index contributed by atoms with van der Waals surface area (Å²) in [5.41, 5.74) is -3.63. The smallest absolute Gasteiger partial charge is 0.311 e. The van der Waals surface area contributed by atoms with Gasteiger partial charge in [0.2, 0.25) is 0 Å². The fourth-order valence-electron chi connectivity index (χ4n) is 9.33. The number of likely N-dealkylation sites (N-methyl/N-ethyl adjacent to an activating group) is 1. The van der Waals surface area contributed by atoms with Gasteiger partial charge >= 0.3 is 5.97 Å². The fraction of sp³-hybridized carbons (Fsp3) is 0.953. The molecule has 3 aliphatic heterocycles. The third kappa shape index (κ3) is 12.3. The molecule has 346 valence electrons. The van der Waals surface area contributed by atoms with E-state index in [4.69, 9.17) is 38.0 Å². The predicted octanol–water partition coefficient (Wildman–Crippen LogP) is 3.19. The second-order valence-corrected chi connectivity index (χ2v) is 18.7. The molecule has 59 heavy (non-hydrogen) atoms. The Balaban J connectivity index is 2.27. The van der Waals surface area contributed by atoms with Crippen LogP contribution in [0.2, 0.25) is 0 Å². The minimum Gasteiger partial charge on any atom is -0.459 e. The number of methoxy groups -OCH3 is 2. The first-order valence-corrected chi connectivity index (χ1v) is 21.6. The number of aliphatic hydroxyl groups excluding tert-OH is 3. The second-order valence-electron chi connectivity index (χ2n) is 18.7. The van der Waals surface area contributed by atoms with Crippen LogP contribution in [0.5, 0.6) is 0 Å². The van der Waals surface area contributed by atoms with Gasteiger partial charge in [-0.05, 0) is 95.4 Å². The van der Waals surface area contributed by atoms with Gasteiger partial charge in [0.25, 0.3) is 0 Å². The molecule has 8 unspecified atom stereocenters. The Hall–Kier alpha value is -1.54. The number of carbonyl (C=O) groups excluding carboxylic acids is 1. The molecule has 0 aliphatic carbocycles. The van der Waals surface area contributed by atoms with E-state index in [1.54, 1.807) is 41.7 Å². The van der Waals surface area contributed by atoms with Crippen LogP contribution in [-0.2, 0) is 42.8 Å². The Morgan fingerprint density at radius 3 is 2.05 bits per heavy atom. The monoisotopic (exact) mass is 848 g/mol. The average molecular weight is 848 g/mol. The third-order valence-electron chi connectivity index (χ3n) is 13.3. The summed E-state index contributed by atoms with van der Waals surface area (Å²) >= 11 is 0. The van der Waals surface area contributed by atoms with E-state index >= 15 is 0 Å². The third-order valence-corrected chi connectivity index (χ3v) is 13.3. The van der Waals surface area contributed by atoms with Gasteiger partial charge in [0.1, 0.15) is 30.5 Å². The van der Waals surface area contributed by atoms with E-state index in [9.17, 15) is 25.2 Å². The minimum atomic E-state index is -1.90. The van der Waals surface area contributed by atoms with Crippen LogP contribution < -0.4 is 0 Å². The Kier molecular flexibility index (Phi) is 19.1. The van der Waals surface area contributed by atoms with Gasteiger partial charge in [0, 0.05) is 51.0 Å². The van der Waals surface area contributed by atoms with Crippen molar-refractivity contribution in [1.29, 1.82) is 0 Å². The maximum Gasteiger partial charge on any atom is 0.311 e. The lowest BCUT2D eigenvalue weighted by Crippen LogP contribution is -2.61. The van der Waals surface area contributed by atoms with Crippen molar-refractivity contribution < 1.29 is 63.2 Å². The summed E-state index contributed by atoms with van der Waals surface area (Å²) < 4.78 is 44.8. The summed E-state index contributed by atoms with van der Waals surface area (Å²) in [7, 11) is 10.9. The number of esters is 1. The highest BCUT2D eigenvalue weighted by Gasteiger charge is 2.54. The maximum atomic E-state index is 14.4. The van der Waals surface area contributed by atoms with E-state index in [0.29, 0.717) is 25.2 Å². The second kappa shape index (κ2) is 21.7. The molecule has 0 aromatic heterocycles. The van der Waals surface area contributed by atoms with Crippen molar-refractivity contribution >= 4 is 11.7 Å². The van der Waals surface area contributed by atoms with E-state index < -0.39 is 102 Å². The Morgan fingerprint density at radius 1 is 0.864 bits per heavy atom. The average Bonchev–Trinajstić information content (AvgIpc) is 3.17. The van der Waals surface area contributed by atoms with Crippen LogP contribution >= 0.6 is 0 Å². The molecule has 0 amide bonds. The summed E-state index contributed by atoms with van der Waals surface area (Å²) in [5, 5.41) is 51.5. The van der Waals surface area contributed by atoms with E-state index in [1.807, 2.05) is 60.8 Å². The molecule has 18 atom stereocenters. The summed E-state index contributed by atoms with van der Waals surface area (Å²) in [6, 6.07) is -0.272. The Morgan fingerprint density at radius 2 is 1.49 bits per heavy atom. The molecular formula is C43H81N3O13. The number of aliphatic hydroxyl groups is 4. The van der Waals surface area contributed by atoms with E-state index in [1.165, 1.54) is 14.0 Å². The van der Waals surface area contributed by atoms with E-state index in [2.05, 4.69) is 10.1 Å². The summed E-state index contributed by atoms with van der Waals surface area (Å²) in [4.78, 5) is 24.3. The zero-order chi connectivity index (χ0) is 44.8. The normalized spacial score (nSPS) is 45.4. The lowest BCUT2D eigenvalue weighted by Gasteiger charge is -2.50. The molecule has 16 nitrogen and oxygen atoms in total. The van der Waals surface area contributed by atoms with Crippen LogP contribution in [0.4, 0.5) is 0 Å². The topological polar surface area (TPSA) is 191 Å². The molecule has 3 heterocycles. The maximum absolute atomic E-state index is 14.4. The molecule has 0 saturated carbocycles. The molecule has 3 saturated heterocycles. The molecule has 4 N–H and O–H groups in total. The highest BCUT2D eigenvalue weighted by atomic mass is 16.7. The molecule has 16 heteroatoms. The van der Waals surface area contributed by atoms with Gasteiger partial charge in [-0.25, -0.2) is 0 Å². The first kappa shape index (κ1) is 51.8. The largest absolute Gasteiger partial charge is 0.459 e. The van der Waals surface area contributed by atoms with Crippen LogP contribution in [0.1, 0.15) is 101 Å². The van der Waals surface area contributed by atoms with Gasteiger partial charge in [-0.2, -0.15) is 0 Å². The van der Waals surface area contributed by atoms with Crippen LogP contribution in [0.15, 0.2) is 5.16 Å². The summed E-state index contributed by atoms with van der Waals surface area (Å²) in [5.74, 6) is -3.53. The minimum absolute atomic E-state index is 0.140. The quantitative estimate of drug-likeness (QED) is 0.120. The molecule has 3 fully saturated rings. The molecular weight excluding hydrogens is 766 g/mol. The van der Waals surface area contributed by atoms with Crippen molar-refractivity contribution in [1.82, 2.24) is 9.80 Å². The lowest BCUT2D eigenvalue weighted by atomic mass is 9.73. The number of oxime groups is 1. The summed E-state index contributed by atoms with van der Waals surface area (Å²) in [6.07, 6.45) is -7.48. The zero-order valence-corrected chi connectivity index (χ0v) is 38.9. The molecule has 0 aromatic rings. The van der Waals surface area contributed by atoms with Crippen LogP contribution in [0, 0.1) is 23.7 Å². The van der Waals surface area contributed by atoms with Crippen molar-refractivity contribution in [2.24, 2.45) is 28.8 Å². The SMILES string of the molecule is CC[C@H]1OC(=O)[C@H](C)[C@@H](OC2CC(C)(OC)C(O)C(C)O2)[C@H](C)[C@@H](OC2OC(C)CC(N(C)C)C2O)[C@](C)(OC)C[C@@H](C)C(=NOCCCN(C)C)[C@H](C)[C@@H](O)[C@]1(C)O. The summed E-state index contributed by atoms with van der Waals surface area (Å²) in [6.45, 7) is 19.0. The molecule has 3 rings (SSSR count). The van der Waals surface area contributed by atoms with Crippen molar-refractivity contribution in [2.45, 2.75) is 186 Å². The van der Waals surface area contributed by atoms with E-state index in [-0.39, 0.29) is 31.4 Å². The van der Waals surface area contributed by atoms with Crippen LogP contribution in [0.3, 0.4) is 0 Å². The van der Waals surface area contributed by atoms with Crippen LogP contribution in [0.25, 0.3) is 0 Å². The number of carbonyl (C=O) groups is 1. The van der Waals surface area contributed by atoms with Gasteiger partial charge < -0.3 is 68.2 Å². The van der Waals surface area contributed by atoms with Gasteiger partial charge in [0.15, 0.2) is 12.6 Å². The molecule has 0 bridgehead atoms. The molecule has 3 aliphatic rings. The fourth-order valence-corrected chi connectivity index (χ4v) is 9.33. The van der Waals surface area contributed by atoms with Crippen molar-refractivity contribution in [3.8, 4) is 0 Å². The van der Waals surface area contributed by atoms with Crippen molar-refractivity contribution in [3.05, 3.63) is 0 Å². The van der Waals surface area contributed by atoms with E-state index in [0.717, 1.165) is 6.54 Å². The highest BCUT2D eigenvalue weighted by Crippen LogP contribution is 2.42. The lowest BCUT2D eigenvalue weighted by molar-refractivity contribution is -0.319. The van der Waals surface area contributed by atoms with Gasteiger partial charge in [-0.1, -0.05) is 32.9 Å². The predicted molar refractivity (Wildman–Crippen MR) is 223 cm³/mol. The van der Waals surface area contributed by atoms with Gasteiger partial charge in [-0.3, -0.25) is 4.79 Å². The number of ether oxygens (including phenoxy) is 7. The van der Waals surface area contributed by atoms with Gasteiger partial charge in [0.05, 0.1) is 53.4 Å². The number of rotatable bonds is 13. The molecule has 0 radical (unpaired) electrons. The van der Waals surface area contributed by atoms with Gasteiger partial charge in [-0.15, -0.1) is 0 Å². The molecule has 0 spiro atoms. The number of hydrogen-bond acceptors (Lipinski definition) is 16. The Bertz CT molecular complexity index is 1340. The Labute approximate surface area is 354 Å². The first-order chi connectivity index (χ1) is 27.4. The number of cyclic esters (lactones) is 1. The number of nitrogens with zero attached hydrogens (tertiary/aromatic N) is 3. The van der Waals surface area contributed by atoms with Crippen molar-refractivity contribution in [3.63, 3.8) is 0 Å². The zero-order valence-electron chi connectivity index (χ0n) is 38.9. The standard InChI is InChI=1S/C43H81N3O13/c1-17-31-43(10,51)36(48)26(4)33(44-54-20-18-19-45(11)12)24(2)22-42(9,53-16)38(59-40-34(47)30(46(13)14)21-25(3)55-40)27(5)35(28(6)39(50)57-31)58-32-23-41(8,52-15)37(49)29(7)56-32/h24-32,34-38,40,47-49,51H,17-23H2,1-16H3/t24-,25?,26+,27+,28-,29?,30?,31-,32?,34?,35+,36-,37?,38-,40?,41?,42-,43-/m1/s1. The van der Waals surface area contributed by atoms with Crippen molar-refractivity contribution in [2.75, 3.05) is 55.6 Å².